The molecule has 6 heteroatoms. The normalized spacial score (nSPS) is 10.4. The number of halogens is 1. The van der Waals surface area contributed by atoms with E-state index in [1.165, 1.54) is 25.5 Å². The van der Waals surface area contributed by atoms with Gasteiger partial charge in [0.1, 0.15) is 30.1 Å². The third-order valence-electron chi connectivity index (χ3n) is 3.27. The minimum atomic E-state index is -0.435. The fourth-order valence-electron chi connectivity index (χ4n) is 2.12. The molecule has 0 bridgehead atoms. The summed E-state index contributed by atoms with van der Waals surface area (Å²) in [6, 6.07) is 12.6. The number of benzene rings is 2. The van der Waals surface area contributed by atoms with E-state index in [9.17, 15) is 9.18 Å². The molecule has 1 heterocycles. The minimum Gasteiger partial charge on any atom is -0.487 e. The summed E-state index contributed by atoms with van der Waals surface area (Å²) in [5, 5.41) is 0. The van der Waals surface area contributed by atoms with Crippen LogP contribution in [0.4, 0.5) is 4.39 Å². The van der Waals surface area contributed by atoms with Crippen LogP contribution in [-0.4, -0.2) is 18.1 Å². The van der Waals surface area contributed by atoms with E-state index in [2.05, 4.69) is 9.72 Å². The van der Waals surface area contributed by atoms with Crippen molar-refractivity contribution in [2.45, 2.75) is 6.61 Å². The van der Waals surface area contributed by atoms with Crippen LogP contribution in [0.25, 0.3) is 11.5 Å². The lowest BCUT2D eigenvalue weighted by atomic mass is 10.2. The number of hydrogen-bond donors (Lipinski definition) is 0. The zero-order valence-corrected chi connectivity index (χ0v) is 12.9. The van der Waals surface area contributed by atoms with E-state index in [0.717, 1.165) is 0 Å². The molecule has 0 radical (unpaired) electrons. The van der Waals surface area contributed by atoms with Crippen molar-refractivity contribution in [3.05, 3.63) is 71.9 Å². The maximum absolute atomic E-state index is 13.2. The fraction of sp³-hybridized carbons (Fsp3) is 0.111. The van der Waals surface area contributed by atoms with E-state index in [0.29, 0.717) is 28.5 Å². The van der Waals surface area contributed by atoms with E-state index >= 15 is 0 Å². The molecule has 0 unspecified atom stereocenters. The fourth-order valence-corrected chi connectivity index (χ4v) is 2.12. The van der Waals surface area contributed by atoms with Crippen LogP contribution >= 0.6 is 0 Å². The Bertz CT molecular complexity index is 859. The molecule has 3 aromatic rings. The number of aromatic nitrogens is 1. The maximum atomic E-state index is 13.2. The van der Waals surface area contributed by atoms with Gasteiger partial charge in [0.15, 0.2) is 0 Å². The lowest BCUT2D eigenvalue weighted by molar-refractivity contribution is 0.0600. The summed E-state index contributed by atoms with van der Waals surface area (Å²) in [5.74, 6) is 0.0306. The predicted octanol–water partition coefficient (Wildman–Crippen LogP) is 3.85. The molecular weight excluding hydrogens is 313 g/mol. The first kappa shape index (κ1) is 15.7. The first-order valence-corrected chi connectivity index (χ1v) is 7.17. The van der Waals surface area contributed by atoms with Crippen molar-refractivity contribution in [1.29, 1.82) is 0 Å². The Kier molecular flexibility index (Phi) is 4.56. The second-order valence-corrected chi connectivity index (χ2v) is 4.96. The van der Waals surface area contributed by atoms with Gasteiger partial charge in [-0.15, -0.1) is 0 Å². The topological polar surface area (TPSA) is 61.6 Å². The average molecular weight is 327 g/mol. The van der Waals surface area contributed by atoms with E-state index in [1.54, 1.807) is 36.4 Å². The van der Waals surface area contributed by atoms with E-state index in [-0.39, 0.29) is 12.4 Å². The molecule has 0 spiro atoms. The molecule has 0 aliphatic carbocycles. The highest BCUT2D eigenvalue weighted by atomic mass is 19.1. The Morgan fingerprint density at radius 1 is 1.21 bits per heavy atom. The highest BCUT2D eigenvalue weighted by molar-refractivity contribution is 5.89. The first-order valence-electron chi connectivity index (χ1n) is 7.17. The van der Waals surface area contributed by atoms with Gasteiger partial charge in [0.2, 0.25) is 5.89 Å². The van der Waals surface area contributed by atoms with Crippen LogP contribution in [0.1, 0.15) is 16.1 Å². The predicted molar refractivity (Wildman–Crippen MR) is 84.0 cm³/mol. The van der Waals surface area contributed by atoms with Crippen LogP contribution in [0.15, 0.2) is 59.2 Å². The highest BCUT2D eigenvalue weighted by Gasteiger charge is 2.09. The van der Waals surface area contributed by atoms with Crippen LogP contribution < -0.4 is 4.74 Å². The van der Waals surface area contributed by atoms with Gasteiger partial charge in [-0.1, -0.05) is 12.1 Å². The van der Waals surface area contributed by atoms with Crippen molar-refractivity contribution in [2.75, 3.05) is 7.11 Å². The number of nitrogens with zero attached hydrogens (tertiary/aromatic N) is 1. The van der Waals surface area contributed by atoms with Crippen molar-refractivity contribution in [2.24, 2.45) is 0 Å². The monoisotopic (exact) mass is 327 g/mol. The molecule has 3 rings (SSSR count). The molecule has 0 saturated heterocycles. The van der Waals surface area contributed by atoms with Crippen LogP contribution in [0.3, 0.4) is 0 Å². The summed E-state index contributed by atoms with van der Waals surface area (Å²) in [6.07, 6.45) is 1.45. The van der Waals surface area contributed by atoms with Crippen molar-refractivity contribution in [1.82, 2.24) is 4.98 Å². The number of ether oxygens (including phenoxy) is 2. The summed E-state index contributed by atoms with van der Waals surface area (Å²) < 4.78 is 28.8. The minimum absolute atomic E-state index is 0.156. The molecular formula is C18H14FNO4. The number of esters is 1. The Labute approximate surface area is 137 Å². The molecule has 0 amide bonds. The Morgan fingerprint density at radius 3 is 2.83 bits per heavy atom. The summed E-state index contributed by atoms with van der Waals surface area (Å²) in [4.78, 5) is 15.8. The zero-order chi connectivity index (χ0) is 16.9. The lowest BCUT2D eigenvalue weighted by Gasteiger charge is -2.05. The van der Waals surface area contributed by atoms with Crippen LogP contribution in [0, 0.1) is 5.82 Å². The number of hydrogen-bond acceptors (Lipinski definition) is 5. The average Bonchev–Trinajstić information content (AvgIpc) is 3.08. The molecule has 0 N–H and O–H groups in total. The maximum Gasteiger partial charge on any atom is 0.337 e. The number of carbonyl (C=O) groups is 1. The number of rotatable bonds is 5. The van der Waals surface area contributed by atoms with Crippen molar-refractivity contribution < 1.29 is 23.1 Å². The van der Waals surface area contributed by atoms with E-state index < -0.39 is 5.97 Å². The van der Waals surface area contributed by atoms with Gasteiger partial charge in [-0.25, -0.2) is 14.2 Å². The van der Waals surface area contributed by atoms with Crippen LogP contribution in [0.5, 0.6) is 5.75 Å². The molecule has 122 valence electrons. The van der Waals surface area contributed by atoms with Gasteiger partial charge in [0.05, 0.1) is 12.7 Å². The SMILES string of the molecule is COC(=O)c1cccc(OCc2coc(-c3cccc(F)c3)n2)c1. The Morgan fingerprint density at radius 2 is 2.04 bits per heavy atom. The molecule has 0 saturated carbocycles. The molecule has 0 fully saturated rings. The molecule has 0 aliphatic rings. The number of methoxy groups -OCH3 is 1. The van der Waals surface area contributed by atoms with Gasteiger partial charge < -0.3 is 13.9 Å². The van der Waals surface area contributed by atoms with Crippen molar-refractivity contribution in [3.8, 4) is 17.2 Å². The quantitative estimate of drug-likeness (QED) is 0.666. The second-order valence-electron chi connectivity index (χ2n) is 4.96. The smallest absolute Gasteiger partial charge is 0.337 e. The van der Waals surface area contributed by atoms with E-state index in [4.69, 9.17) is 9.15 Å². The third kappa shape index (κ3) is 3.60. The van der Waals surface area contributed by atoms with Gasteiger partial charge in [-0.05, 0) is 36.4 Å². The molecule has 24 heavy (non-hydrogen) atoms. The van der Waals surface area contributed by atoms with Gasteiger partial charge in [0, 0.05) is 5.56 Å². The molecule has 0 atom stereocenters. The molecule has 0 aliphatic heterocycles. The van der Waals surface area contributed by atoms with Crippen molar-refractivity contribution in [3.63, 3.8) is 0 Å². The number of carbonyl (C=O) groups excluding carboxylic acids is 1. The van der Waals surface area contributed by atoms with Crippen LogP contribution in [-0.2, 0) is 11.3 Å². The zero-order valence-electron chi connectivity index (χ0n) is 12.9. The molecule has 2 aromatic carbocycles. The highest BCUT2D eigenvalue weighted by Crippen LogP contribution is 2.21. The standard InChI is InChI=1S/C18H14FNO4/c1-22-18(21)13-5-3-7-16(9-13)23-10-15-11-24-17(20-15)12-4-2-6-14(19)8-12/h2-9,11H,10H2,1H3. The lowest BCUT2D eigenvalue weighted by Crippen LogP contribution is -2.02. The third-order valence-corrected chi connectivity index (χ3v) is 3.27. The summed E-state index contributed by atoms with van der Waals surface area (Å²) in [7, 11) is 1.32. The number of oxazole rings is 1. The first-order chi connectivity index (χ1) is 11.7. The van der Waals surface area contributed by atoms with Gasteiger partial charge in [0.25, 0.3) is 0 Å². The van der Waals surface area contributed by atoms with Crippen molar-refractivity contribution >= 4 is 5.97 Å². The largest absolute Gasteiger partial charge is 0.487 e. The summed E-state index contributed by atoms with van der Waals surface area (Å²) in [5.41, 5.74) is 1.50. The summed E-state index contributed by atoms with van der Waals surface area (Å²) in [6.45, 7) is 0.156. The molecule has 1 aromatic heterocycles. The molecule has 5 nitrogen and oxygen atoms in total. The van der Waals surface area contributed by atoms with Gasteiger partial charge >= 0.3 is 5.97 Å². The Balaban J connectivity index is 1.69. The van der Waals surface area contributed by atoms with Crippen LogP contribution in [0.2, 0.25) is 0 Å². The van der Waals surface area contributed by atoms with Gasteiger partial charge in [-0.2, -0.15) is 0 Å². The Hall–Kier alpha value is -3.15. The second kappa shape index (κ2) is 6.95. The van der Waals surface area contributed by atoms with Gasteiger partial charge in [-0.3, -0.25) is 0 Å². The summed E-state index contributed by atoms with van der Waals surface area (Å²) >= 11 is 0. The van der Waals surface area contributed by atoms with E-state index in [1.807, 2.05) is 0 Å².